The van der Waals surface area contributed by atoms with E-state index in [1.807, 2.05) is 22.0 Å². The van der Waals surface area contributed by atoms with Crippen LogP contribution in [-0.2, 0) is 6.18 Å². The number of halogens is 5. The number of anilines is 1. The second-order valence-electron chi connectivity index (χ2n) is 3.51. The van der Waals surface area contributed by atoms with Gasteiger partial charge < -0.3 is 5.09 Å². The van der Waals surface area contributed by atoms with Gasteiger partial charge in [-0.1, -0.05) is 0 Å². The van der Waals surface area contributed by atoms with E-state index in [1.54, 1.807) is 6.07 Å². The van der Waals surface area contributed by atoms with Crippen molar-refractivity contribution in [1.29, 1.82) is 10.7 Å². The van der Waals surface area contributed by atoms with Gasteiger partial charge in [0.2, 0.25) is 0 Å². The highest BCUT2D eigenvalue weighted by Gasteiger charge is 2.37. The molecule has 102 valence electrons. The lowest BCUT2D eigenvalue weighted by Gasteiger charge is -2.18. The molecule has 0 aliphatic carbocycles. The Hall–Kier alpha value is -0.390. The summed E-state index contributed by atoms with van der Waals surface area (Å²) >= 11 is 4.90. The van der Waals surface area contributed by atoms with Crippen LogP contribution in [0.15, 0.2) is 10.5 Å². The second-order valence-corrected chi connectivity index (χ2v) is 6.36. The second kappa shape index (κ2) is 6.37. The fourth-order valence-electron chi connectivity index (χ4n) is 1.57. The first-order valence-corrected chi connectivity index (χ1v) is 9.65. The van der Waals surface area contributed by atoms with Crippen LogP contribution >= 0.6 is 44.3 Å². The molecule has 19 heavy (non-hydrogen) atoms. The topological polar surface area (TPSA) is 59.7 Å². The number of alkyl halides is 3. The van der Waals surface area contributed by atoms with E-state index < -0.39 is 17.5 Å². The summed E-state index contributed by atoms with van der Waals surface area (Å²) < 4.78 is 38.6. The predicted molar refractivity (Wildman–Crippen MR) is 82.3 cm³/mol. The average molecular weight is 464 g/mol. The monoisotopic (exact) mass is 463 g/mol. The Bertz CT molecular complexity index is 569. The molecule has 0 aromatic heterocycles. The lowest BCUT2D eigenvalue weighted by Crippen LogP contribution is -2.13. The molecule has 3 nitrogen and oxygen atoms in total. The van der Waals surface area contributed by atoms with E-state index >= 15 is 0 Å². The van der Waals surface area contributed by atoms with Gasteiger partial charge in [-0.05, 0) is 56.5 Å². The van der Waals surface area contributed by atoms with Crippen LogP contribution in [0.4, 0.5) is 18.9 Å². The minimum absolute atomic E-state index is 0.0333. The zero-order valence-electron chi connectivity index (χ0n) is 9.41. The van der Waals surface area contributed by atoms with Gasteiger partial charge in [0.25, 0.3) is 0 Å². The fourth-order valence-corrected chi connectivity index (χ4v) is 3.69. The molecule has 0 aliphatic rings. The van der Waals surface area contributed by atoms with E-state index in [-0.39, 0.29) is 22.0 Å². The molecule has 0 saturated carbocycles. The van der Waals surface area contributed by atoms with Crippen LogP contribution in [0.1, 0.15) is 16.7 Å². The number of aryl methyl sites for hydroxylation is 1. The molecule has 0 bridgehead atoms. The van der Waals surface area contributed by atoms with Crippen molar-refractivity contribution in [2.75, 3.05) is 5.09 Å². The highest BCUT2D eigenvalue weighted by Crippen LogP contribution is 2.42. The van der Waals surface area contributed by atoms with Crippen LogP contribution in [0.2, 0.25) is 0 Å². The van der Waals surface area contributed by atoms with E-state index in [2.05, 4.69) is 21.0 Å². The lowest BCUT2D eigenvalue weighted by atomic mass is 10.00. The molecule has 1 aromatic carbocycles. The van der Waals surface area contributed by atoms with Crippen molar-refractivity contribution in [3.8, 4) is 6.07 Å². The summed E-state index contributed by atoms with van der Waals surface area (Å²) in [6.45, 7) is 1.34. The van der Waals surface area contributed by atoms with Gasteiger partial charge in [0.1, 0.15) is 11.8 Å². The molecule has 1 atom stereocenters. The summed E-state index contributed by atoms with van der Waals surface area (Å²) in [4.78, 5) is 0. The quantitative estimate of drug-likeness (QED) is 0.375. The first-order chi connectivity index (χ1) is 8.73. The van der Waals surface area contributed by atoms with Crippen molar-refractivity contribution in [2.24, 2.45) is 0 Å². The maximum absolute atomic E-state index is 13.0. The van der Waals surface area contributed by atoms with Gasteiger partial charge in [-0.15, -0.1) is 0 Å². The van der Waals surface area contributed by atoms with Gasteiger partial charge in [-0.3, -0.25) is 5.41 Å². The largest absolute Gasteiger partial charge is 0.417 e. The van der Waals surface area contributed by atoms with Crippen LogP contribution in [0.25, 0.3) is 0 Å². The summed E-state index contributed by atoms with van der Waals surface area (Å²) in [5.41, 5.74) is -1.06. The molecular formula is C10H7BrF3IN3P. The molecule has 0 radical (unpaired) electrons. The van der Waals surface area contributed by atoms with Gasteiger partial charge in [-0.25, -0.2) is 0 Å². The van der Waals surface area contributed by atoms with Crippen molar-refractivity contribution in [2.45, 2.75) is 13.1 Å². The normalized spacial score (nSPS) is 11.6. The van der Waals surface area contributed by atoms with E-state index in [4.69, 9.17) is 10.7 Å². The number of rotatable bonds is 3. The van der Waals surface area contributed by atoms with Crippen LogP contribution < -0.4 is 5.09 Å². The maximum atomic E-state index is 13.0. The fraction of sp³-hybridized carbons (Fsp3) is 0.200. The molecule has 1 unspecified atom stereocenters. The number of hydrogen-bond donors (Lipinski definition) is 2. The van der Waals surface area contributed by atoms with Crippen LogP contribution in [0.5, 0.6) is 0 Å². The summed E-state index contributed by atoms with van der Waals surface area (Å²) in [6, 6.07) is 2.87. The highest BCUT2D eigenvalue weighted by molar-refractivity contribution is 14.2. The minimum Gasteiger partial charge on any atom is -0.358 e. The van der Waals surface area contributed by atoms with Crippen LogP contribution in [0, 0.1) is 23.7 Å². The van der Waals surface area contributed by atoms with Gasteiger partial charge in [0.05, 0.1) is 5.56 Å². The van der Waals surface area contributed by atoms with Crippen molar-refractivity contribution >= 4 is 55.7 Å². The third kappa shape index (κ3) is 3.58. The van der Waals surface area contributed by atoms with Crippen molar-refractivity contribution in [1.82, 2.24) is 0 Å². The number of nitriles is 1. The third-order valence-corrected chi connectivity index (χ3v) is 4.26. The Morgan fingerprint density at radius 1 is 1.58 bits per heavy atom. The molecule has 0 amide bonds. The standard InChI is InChI=1S/C10H7BrF3IN3P/c1-4-2-6(18-19-15)7(5(17)3-16)9(11)8(4)10(12,13)14/h2,17-19H,1H3. The number of hydrogen-bond acceptors (Lipinski definition) is 3. The smallest absolute Gasteiger partial charge is 0.358 e. The minimum atomic E-state index is -4.54. The number of benzene rings is 1. The van der Waals surface area contributed by atoms with Crippen molar-refractivity contribution in [3.63, 3.8) is 0 Å². The molecule has 0 heterocycles. The summed E-state index contributed by atoms with van der Waals surface area (Å²) in [6.07, 6.45) is -4.33. The zero-order valence-corrected chi connectivity index (χ0v) is 14.2. The third-order valence-electron chi connectivity index (χ3n) is 2.29. The molecule has 0 spiro atoms. The van der Waals surface area contributed by atoms with Crippen molar-refractivity contribution < 1.29 is 13.2 Å². The Balaban J connectivity index is 3.67. The Morgan fingerprint density at radius 2 is 2.16 bits per heavy atom. The molecule has 0 aliphatic heterocycles. The summed E-state index contributed by atoms with van der Waals surface area (Å²) in [7, 11) is 0. The first-order valence-electron chi connectivity index (χ1n) is 4.75. The molecule has 1 aromatic rings. The molecule has 0 fully saturated rings. The van der Waals surface area contributed by atoms with Crippen LogP contribution in [0.3, 0.4) is 0 Å². The highest BCUT2D eigenvalue weighted by atomic mass is 127. The SMILES string of the molecule is Cc1cc(NPI)c(C(=N)C#N)c(Br)c1C(F)(F)F. The molecular weight excluding hydrogens is 457 g/mol. The predicted octanol–water partition coefficient (Wildman–Crippen LogP) is 5.02. The Morgan fingerprint density at radius 3 is 2.58 bits per heavy atom. The Labute approximate surface area is 130 Å². The summed E-state index contributed by atoms with van der Waals surface area (Å²) in [5.74, 6) is 0. The van der Waals surface area contributed by atoms with E-state index in [9.17, 15) is 13.2 Å². The van der Waals surface area contributed by atoms with E-state index in [1.165, 1.54) is 13.0 Å². The summed E-state index contributed by atoms with van der Waals surface area (Å²) in [5, 5.41) is 19.2. The van der Waals surface area contributed by atoms with Gasteiger partial charge in [0, 0.05) is 22.1 Å². The van der Waals surface area contributed by atoms with Gasteiger partial charge in [-0.2, -0.15) is 18.4 Å². The van der Waals surface area contributed by atoms with Gasteiger partial charge in [0.15, 0.2) is 0 Å². The van der Waals surface area contributed by atoms with Gasteiger partial charge >= 0.3 is 6.18 Å². The molecule has 9 heteroatoms. The Kier molecular flexibility index (Phi) is 5.59. The maximum Gasteiger partial charge on any atom is 0.417 e. The zero-order chi connectivity index (χ0) is 14.8. The first kappa shape index (κ1) is 16.7. The lowest BCUT2D eigenvalue weighted by molar-refractivity contribution is -0.138. The van der Waals surface area contributed by atoms with E-state index in [0.717, 1.165) is 0 Å². The number of nitrogens with zero attached hydrogens (tertiary/aromatic N) is 1. The molecule has 0 saturated heterocycles. The number of nitrogens with one attached hydrogen (secondary N) is 2. The van der Waals surface area contributed by atoms with Crippen LogP contribution in [-0.4, -0.2) is 5.71 Å². The van der Waals surface area contributed by atoms with Crippen molar-refractivity contribution in [3.05, 3.63) is 27.2 Å². The van der Waals surface area contributed by atoms with E-state index in [0.29, 0.717) is 5.69 Å². The molecule has 1 rings (SSSR count). The molecule has 2 N–H and O–H groups in total. The average Bonchev–Trinajstić information content (AvgIpc) is 2.26.